The van der Waals surface area contributed by atoms with Crippen LogP contribution in [0.5, 0.6) is 0 Å². The summed E-state index contributed by atoms with van der Waals surface area (Å²) in [6.45, 7) is 3.45. The van der Waals surface area contributed by atoms with Gasteiger partial charge in [0.15, 0.2) is 11.3 Å². The highest BCUT2D eigenvalue weighted by atomic mass is 15.4. The minimum absolute atomic E-state index is 0.751. The van der Waals surface area contributed by atoms with E-state index in [1.807, 2.05) is 12.1 Å². The molecule has 0 aromatic carbocycles. The average molecular weight is 322 g/mol. The summed E-state index contributed by atoms with van der Waals surface area (Å²) >= 11 is 0. The number of fused-ring (bicyclic) bond motifs is 2. The van der Waals surface area contributed by atoms with Crippen LogP contribution in [0.1, 0.15) is 0 Å². The number of H-pyrrole nitrogens is 1. The van der Waals surface area contributed by atoms with Gasteiger partial charge in [-0.3, -0.25) is 5.10 Å². The van der Waals surface area contributed by atoms with Crippen LogP contribution >= 0.6 is 0 Å². The largest absolute Gasteiger partial charge is 0.352 e. The molecule has 0 amide bonds. The van der Waals surface area contributed by atoms with Gasteiger partial charge in [-0.15, -0.1) is 15.3 Å². The third-order valence-corrected chi connectivity index (χ3v) is 4.28. The fraction of sp³-hybridized carbons (Fsp3) is 0.286. The fourth-order valence-corrected chi connectivity index (χ4v) is 3.04. The Morgan fingerprint density at radius 2 is 1.88 bits per heavy atom. The van der Waals surface area contributed by atoms with Crippen LogP contribution in [-0.4, -0.2) is 66.2 Å². The molecular weight excluding hydrogens is 308 g/mol. The van der Waals surface area contributed by atoms with Crippen molar-refractivity contribution in [2.24, 2.45) is 0 Å². The lowest BCUT2D eigenvalue weighted by Gasteiger charge is -2.36. The van der Waals surface area contributed by atoms with Crippen LogP contribution in [0, 0.1) is 0 Å². The number of anilines is 2. The molecule has 24 heavy (non-hydrogen) atoms. The van der Waals surface area contributed by atoms with Crippen LogP contribution in [0.3, 0.4) is 0 Å². The first-order chi connectivity index (χ1) is 11.9. The smallest absolute Gasteiger partial charge is 0.177 e. The van der Waals surface area contributed by atoms with Crippen molar-refractivity contribution in [2.45, 2.75) is 0 Å². The number of aromatic nitrogens is 8. The molecule has 1 fully saturated rings. The topological polar surface area (TPSA) is 104 Å². The number of aromatic amines is 1. The van der Waals surface area contributed by atoms with Gasteiger partial charge in [-0.25, -0.2) is 9.97 Å². The minimum Gasteiger partial charge on any atom is -0.352 e. The number of piperazine rings is 1. The highest BCUT2D eigenvalue weighted by molar-refractivity contribution is 5.86. The Bertz CT molecular complexity index is 997. The lowest BCUT2D eigenvalue weighted by molar-refractivity contribution is 0.637. The molecule has 5 rings (SSSR count). The highest BCUT2D eigenvalue weighted by Crippen LogP contribution is 2.23. The van der Waals surface area contributed by atoms with Crippen LogP contribution < -0.4 is 9.80 Å². The van der Waals surface area contributed by atoms with E-state index in [1.165, 1.54) is 0 Å². The average Bonchev–Trinajstić information content (AvgIpc) is 3.30. The Morgan fingerprint density at radius 3 is 2.79 bits per heavy atom. The molecule has 4 aromatic heterocycles. The van der Waals surface area contributed by atoms with Crippen molar-refractivity contribution in [1.29, 1.82) is 0 Å². The third-order valence-electron chi connectivity index (χ3n) is 4.28. The molecule has 120 valence electrons. The molecule has 1 N–H and O–H groups in total. The molecule has 4 aromatic rings. The Labute approximate surface area is 136 Å². The van der Waals surface area contributed by atoms with Gasteiger partial charge >= 0.3 is 0 Å². The summed E-state index contributed by atoms with van der Waals surface area (Å²) in [5.74, 6) is 1.86. The predicted molar refractivity (Wildman–Crippen MR) is 86.9 cm³/mol. The van der Waals surface area contributed by atoms with E-state index < -0.39 is 0 Å². The summed E-state index contributed by atoms with van der Waals surface area (Å²) in [7, 11) is 0. The Kier molecular flexibility index (Phi) is 2.81. The zero-order valence-electron chi connectivity index (χ0n) is 12.7. The Hall–Kier alpha value is -3.30. The zero-order valence-corrected chi connectivity index (χ0v) is 12.7. The molecule has 0 unspecified atom stereocenters. The Morgan fingerprint density at radius 1 is 1.00 bits per heavy atom. The fourth-order valence-electron chi connectivity index (χ4n) is 3.04. The number of rotatable bonds is 2. The van der Waals surface area contributed by atoms with Gasteiger partial charge in [-0.05, 0) is 12.1 Å². The van der Waals surface area contributed by atoms with E-state index in [0.717, 1.165) is 54.5 Å². The van der Waals surface area contributed by atoms with Gasteiger partial charge in [0.1, 0.15) is 24.3 Å². The van der Waals surface area contributed by atoms with Gasteiger partial charge in [0, 0.05) is 26.2 Å². The molecule has 1 saturated heterocycles. The quantitative estimate of drug-likeness (QED) is 0.555. The van der Waals surface area contributed by atoms with Gasteiger partial charge in [-0.1, -0.05) is 0 Å². The van der Waals surface area contributed by atoms with E-state index >= 15 is 0 Å². The molecule has 1 aliphatic rings. The van der Waals surface area contributed by atoms with E-state index in [1.54, 1.807) is 23.4 Å². The first-order valence-corrected chi connectivity index (χ1v) is 7.69. The van der Waals surface area contributed by atoms with E-state index in [0.29, 0.717) is 0 Å². The van der Waals surface area contributed by atoms with Crippen molar-refractivity contribution in [3.8, 4) is 0 Å². The number of nitrogens with one attached hydrogen (secondary N) is 1. The van der Waals surface area contributed by atoms with Gasteiger partial charge in [-0.2, -0.15) is 9.61 Å². The van der Waals surface area contributed by atoms with Gasteiger partial charge in [0.2, 0.25) is 0 Å². The molecule has 10 heteroatoms. The molecule has 0 spiro atoms. The monoisotopic (exact) mass is 322 g/mol. The summed E-state index contributed by atoms with van der Waals surface area (Å²) in [6.07, 6.45) is 4.97. The van der Waals surface area contributed by atoms with Crippen LogP contribution in [-0.2, 0) is 0 Å². The van der Waals surface area contributed by atoms with Crippen LogP contribution in [0.15, 0.2) is 31.0 Å². The van der Waals surface area contributed by atoms with Crippen molar-refractivity contribution in [3.05, 3.63) is 31.0 Å². The normalized spacial score (nSPS) is 15.5. The lowest BCUT2D eigenvalue weighted by atomic mass is 10.2. The maximum Gasteiger partial charge on any atom is 0.177 e. The van der Waals surface area contributed by atoms with Gasteiger partial charge < -0.3 is 9.80 Å². The molecule has 0 radical (unpaired) electrons. The van der Waals surface area contributed by atoms with Crippen LogP contribution in [0.25, 0.3) is 16.7 Å². The summed E-state index contributed by atoms with van der Waals surface area (Å²) in [5, 5.41) is 20.3. The van der Waals surface area contributed by atoms with Crippen molar-refractivity contribution in [1.82, 2.24) is 40.0 Å². The van der Waals surface area contributed by atoms with E-state index in [9.17, 15) is 0 Å². The molecule has 10 nitrogen and oxygen atoms in total. The second kappa shape index (κ2) is 5.11. The molecule has 5 heterocycles. The maximum absolute atomic E-state index is 4.56. The van der Waals surface area contributed by atoms with Crippen molar-refractivity contribution >= 4 is 28.3 Å². The first kappa shape index (κ1) is 13.2. The molecule has 0 aliphatic carbocycles. The van der Waals surface area contributed by atoms with E-state index in [2.05, 4.69) is 45.3 Å². The van der Waals surface area contributed by atoms with Crippen molar-refractivity contribution in [2.75, 3.05) is 36.0 Å². The van der Waals surface area contributed by atoms with Gasteiger partial charge in [0.25, 0.3) is 0 Å². The SMILES string of the molecule is c1nc(N2CCN(c3ccc4nncn4n3)CC2)c2cn[nH]c2n1. The molecule has 0 atom stereocenters. The predicted octanol–water partition coefficient (Wildman–Crippen LogP) is 0.117. The van der Waals surface area contributed by atoms with Crippen molar-refractivity contribution < 1.29 is 0 Å². The number of nitrogens with zero attached hydrogens (tertiary/aromatic N) is 9. The lowest BCUT2D eigenvalue weighted by Crippen LogP contribution is -2.47. The van der Waals surface area contributed by atoms with Gasteiger partial charge in [0.05, 0.1) is 11.6 Å². The third kappa shape index (κ3) is 2.03. The maximum atomic E-state index is 4.56. The molecule has 0 saturated carbocycles. The molecular formula is C14H14N10. The Balaban J connectivity index is 1.38. The summed E-state index contributed by atoms with van der Waals surface area (Å²) in [4.78, 5) is 13.1. The molecule has 0 bridgehead atoms. The second-order valence-corrected chi connectivity index (χ2v) is 5.63. The van der Waals surface area contributed by atoms with E-state index in [4.69, 9.17) is 0 Å². The number of hydrogen-bond donors (Lipinski definition) is 1. The summed E-state index contributed by atoms with van der Waals surface area (Å²) in [6, 6.07) is 3.92. The van der Waals surface area contributed by atoms with E-state index in [-0.39, 0.29) is 0 Å². The van der Waals surface area contributed by atoms with Crippen LogP contribution in [0.4, 0.5) is 11.6 Å². The standard InChI is InChI=1S/C14H14N10/c1-2-12(21-24-9-18-19-11(1)24)22-3-5-23(6-4-22)14-10-7-17-20-13(10)15-8-16-14/h1-2,7-9H,3-6H2,(H,15,16,17,20). The minimum atomic E-state index is 0.751. The highest BCUT2D eigenvalue weighted by Gasteiger charge is 2.21. The summed E-state index contributed by atoms with van der Waals surface area (Å²) < 4.78 is 1.70. The molecule has 1 aliphatic heterocycles. The second-order valence-electron chi connectivity index (χ2n) is 5.63. The zero-order chi connectivity index (χ0) is 15.9. The number of hydrogen-bond acceptors (Lipinski definition) is 8. The van der Waals surface area contributed by atoms with Crippen molar-refractivity contribution in [3.63, 3.8) is 0 Å². The first-order valence-electron chi connectivity index (χ1n) is 7.69. The summed E-state index contributed by atoms with van der Waals surface area (Å²) in [5.41, 5.74) is 1.52. The van der Waals surface area contributed by atoms with Crippen LogP contribution in [0.2, 0.25) is 0 Å².